The lowest BCUT2D eigenvalue weighted by atomic mass is 10.1. The number of methoxy groups -OCH3 is 1. The number of carbonyl (C=O) groups is 1. The molecule has 0 aliphatic carbocycles. The van der Waals surface area contributed by atoms with Crippen molar-refractivity contribution in [3.63, 3.8) is 0 Å². The molecule has 0 spiro atoms. The van der Waals surface area contributed by atoms with E-state index in [-0.39, 0.29) is 18.3 Å². The third kappa shape index (κ3) is 5.22. The second-order valence-electron chi connectivity index (χ2n) is 5.77. The Bertz CT molecular complexity index is 1010. The fraction of sp³-hybridized carbons (Fsp3) is 0.150. The van der Waals surface area contributed by atoms with Gasteiger partial charge in [-0.25, -0.2) is 4.79 Å². The number of ether oxygens (including phenoxy) is 2. The molecule has 6 nitrogen and oxygen atoms in total. The minimum atomic E-state index is -4.41. The number of rotatable bonds is 6. The van der Waals surface area contributed by atoms with E-state index in [0.717, 1.165) is 18.2 Å². The summed E-state index contributed by atoms with van der Waals surface area (Å²) < 4.78 is 52.9. The number of nitrogens with zero attached hydrogens (tertiary/aromatic N) is 2. The second-order valence-corrected chi connectivity index (χ2v) is 5.77. The van der Waals surface area contributed by atoms with Crippen LogP contribution in [0.25, 0.3) is 17.5 Å². The molecule has 0 radical (unpaired) electrons. The van der Waals surface area contributed by atoms with Gasteiger partial charge in [-0.1, -0.05) is 29.4 Å². The minimum Gasteiger partial charge on any atom is -0.496 e. The van der Waals surface area contributed by atoms with Gasteiger partial charge in [-0.05, 0) is 35.9 Å². The van der Waals surface area contributed by atoms with E-state index >= 15 is 0 Å². The normalized spacial score (nSPS) is 11.6. The molecule has 0 saturated heterocycles. The number of halogens is 3. The summed E-state index contributed by atoms with van der Waals surface area (Å²) in [6.45, 7) is -0.252. The zero-order chi connectivity index (χ0) is 20.9. The number of esters is 1. The van der Waals surface area contributed by atoms with E-state index < -0.39 is 17.7 Å². The third-order valence-corrected chi connectivity index (χ3v) is 3.80. The summed E-state index contributed by atoms with van der Waals surface area (Å²) >= 11 is 0. The van der Waals surface area contributed by atoms with Crippen LogP contribution in [0.5, 0.6) is 5.75 Å². The number of benzene rings is 2. The van der Waals surface area contributed by atoms with Crippen molar-refractivity contribution in [2.75, 3.05) is 7.11 Å². The molecule has 0 fully saturated rings. The van der Waals surface area contributed by atoms with E-state index in [1.165, 1.54) is 25.3 Å². The number of hydrogen-bond donors (Lipinski definition) is 0. The van der Waals surface area contributed by atoms with Crippen molar-refractivity contribution in [1.29, 1.82) is 0 Å². The molecule has 0 aliphatic heterocycles. The van der Waals surface area contributed by atoms with E-state index in [1.807, 2.05) is 0 Å². The monoisotopic (exact) mass is 404 g/mol. The molecule has 1 heterocycles. The Morgan fingerprint density at radius 2 is 1.86 bits per heavy atom. The summed E-state index contributed by atoms with van der Waals surface area (Å²) in [5, 5.41) is 3.83. The van der Waals surface area contributed by atoms with Gasteiger partial charge in [-0.2, -0.15) is 18.2 Å². The standard InChI is InChI=1S/C20H15F3N2O4/c1-27-16-5-3-2-4-15(16)19-24-17(29-25-19)12-28-18(26)11-8-13-6-9-14(10-7-13)20(21,22)23/h2-11H,12H2,1H3/b11-8+. The Kier molecular flexibility index (Phi) is 5.96. The number of para-hydroxylation sites is 1. The summed E-state index contributed by atoms with van der Waals surface area (Å²) in [5.74, 6) is 0.231. The van der Waals surface area contributed by atoms with E-state index in [2.05, 4.69) is 10.1 Å². The van der Waals surface area contributed by atoms with Gasteiger partial charge < -0.3 is 14.0 Å². The van der Waals surface area contributed by atoms with Crippen LogP contribution < -0.4 is 4.74 Å². The predicted octanol–water partition coefficient (Wildman–Crippen LogP) is 4.52. The van der Waals surface area contributed by atoms with Crippen LogP contribution >= 0.6 is 0 Å². The van der Waals surface area contributed by atoms with Gasteiger partial charge in [0.2, 0.25) is 5.82 Å². The first kappa shape index (κ1) is 20.1. The predicted molar refractivity (Wildman–Crippen MR) is 96.6 cm³/mol. The average molecular weight is 404 g/mol. The maximum absolute atomic E-state index is 12.5. The third-order valence-electron chi connectivity index (χ3n) is 3.80. The molecule has 29 heavy (non-hydrogen) atoms. The van der Waals surface area contributed by atoms with Crippen molar-refractivity contribution < 1.29 is 32.0 Å². The highest BCUT2D eigenvalue weighted by Crippen LogP contribution is 2.29. The van der Waals surface area contributed by atoms with Crippen LogP contribution in [0.2, 0.25) is 0 Å². The Labute approximate surface area is 163 Å². The van der Waals surface area contributed by atoms with Gasteiger partial charge in [0.25, 0.3) is 5.89 Å². The lowest BCUT2D eigenvalue weighted by Gasteiger charge is -2.05. The zero-order valence-electron chi connectivity index (χ0n) is 15.1. The van der Waals surface area contributed by atoms with Crippen molar-refractivity contribution >= 4 is 12.0 Å². The first-order valence-electron chi connectivity index (χ1n) is 8.35. The van der Waals surface area contributed by atoms with Crippen molar-refractivity contribution in [2.24, 2.45) is 0 Å². The summed E-state index contributed by atoms with van der Waals surface area (Å²) in [4.78, 5) is 15.9. The highest BCUT2D eigenvalue weighted by atomic mass is 19.4. The van der Waals surface area contributed by atoms with Crippen molar-refractivity contribution in [3.8, 4) is 17.1 Å². The van der Waals surface area contributed by atoms with Gasteiger partial charge in [0.15, 0.2) is 6.61 Å². The molecule has 0 amide bonds. The van der Waals surface area contributed by atoms with E-state index in [0.29, 0.717) is 16.9 Å². The molecular weight excluding hydrogens is 389 g/mol. The number of carbonyl (C=O) groups excluding carboxylic acids is 1. The van der Waals surface area contributed by atoms with Crippen LogP contribution in [-0.2, 0) is 22.3 Å². The molecule has 0 unspecified atom stereocenters. The second kappa shape index (κ2) is 8.59. The Morgan fingerprint density at radius 1 is 1.14 bits per heavy atom. The van der Waals surface area contributed by atoms with Crippen LogP contribution in [-0.4, -0.2) is 23.2 Å². The minimum absolute atomic E-state index is 0.0854. The maximum atomic E-state index is 12.5. The quantitative estimate of drug-likeness (QED) is 0.444. The van der Waals surface area contributed by atoms with E-state index in [1.54, 1.807) is 24.3 Å². The highest BCUT2D eigenvalue weighted by Gasteiger charge is 2.29. The van der Waals surface area contributed by atoms with Gasteiger partial charge in [-0.15, -0.1) is 0 Å². The van der Waals surface area contributed by atoms with Crippen molar-refractivity contribution in [3.05, 3.63) is 71.6 Å². The topological polar surface area (TPSA) is 74.5 Å². The average Bonchev–Trinajstić information content (AvgIpc) is 3.19. The maximum Gasteiger partial charge on any atom is 0.416 e. The van der Waals surface area contributed by atoms with Gasteiger partial charge >= 0.3 is 12.1 Å². The summed E-state index contributed by atoms with van der Waals surface area (Å²) in [6.07, 6.45) is -1.97. The lowest BCUT2D eigenvalue weighted by molar-refractivity contribution is -0.140. The van der Waals surface area contributed by atoms with Gasteiger partial charge in [0.05, 0.1) is 18.2 Å². The Morgan fingerprint density at radius 3 is 2.55 bits per heavy atom. The molecule has 0 aliphatic rings. The van der Waals surface area contributed by atoms with Crippen molar-refractivity contribution in [1.82, 2.24) is 10.1 Å². The fourth-order valence-electron chi connectivity index (χ4n) is 2.38. The molecule has 3 rings (SSSR count). The molecule has 2 aromatic carbocycles. The first-order chi connectivity index (χ1) is 13.9. The molecular formula is C20H15F3N2O4. The molecule has 0 bridgehead atoms. The van der Waals surface area contributed by atoms with Crippen LogP contribution in [0.3, 0.4) is 0 Å². The van der Waals surface area contributed by atoms with Crippen molar-refractivity contribution in [2.45, 2.75) is 12.8 Å². The van der Waals surface area contributed by atoms with Crippen LogP contribution in [0.15, 0.2) is 59.1 Å². The molecule has 1 aromatic heterocycles. The summed E-state index contributed by atoms with van der Waals surface area (Å²) in [5.41, 5.74) is 0.282. The SMILES string of the molecule is COc1ccccc1-c1noc(COC(=O)/C=C/c2ccc(C(F)(F)F)cc2)n1. The summed E-state index contributed by atoms with van der Waals surface area (Å²) in [6, 6.07) is 11.5. The van der Waals surface area contributed by atoms with Crippen LogP contribution in [0, 0.1) is 0 Å². The largest absolute Gasteiger partial charge is 0.496 e. The number of hydrogen-bond acceptors (Lipinski definition) is 6. The van der Waals surface area contributed by atoms with Crippen LogP contribution in [0.1, 0.15) is 17.0 Å². The van der Waals surface area contributed by atoms with E-state index in [9.17, 15) is 18.0 Å². The first-order valence-corrected chi connectivity index (χ1v) is 8.35. The number of aromatic nitrogens is 2. The Balaban J connectivity index is 1.57. The van der Waals surface area contributed by atoms with E-state index in [4.69, 9.17) is 14.0 Å². The van der Waals surface area contributed by atoms with Gasteiger partial charge in [0.1, 0.15) is 5.75 Å². The molecule has 0 N–H and O–H groups in total. The molecule has 0 saturated carbocycles. The van der Waals surface area contributed by atoms with Crippen LogP contribution in [0.4, 0.5) is 13.2 Å². The fourth-order valence-corrected chi connectivity index (χ4v) is 2.38. The lowest BCUT2D eigenvalue weighted by Crippen LogP contribution is -2.04. The smallest absolute Gasteiger partial charge is 0.416 e. The molecule has 9 heteroatoms. The molecule has 3 aromatic rings. The molecule has 0 atom stereocenters. The van der Waals surface area contributed by atoms with Gasteiger partial charge in [0, 0.05) is 6.08 Å². The Hall–Kier alpha value is -3.62. The summed E-state index contributed by atoms with van der Waals surface area (Å²) in [7, 11) is 1.52. The molecule has 150 valence electrons. The zero-order valence-corrected chi connectivity index (χ0v) is 15.1. The highest BCUT2D eigenvalue weighted by molar-refractivity contribution is 5.87. The number of alkyl halides is 3. The van der Waals surface area contributed by atoms with Gasteiger partial charge in [-0.3, -0.25) is 0 Å².